The van der Waals surface area contributed by atoms with Gasteiger partial charge in [-0.2, -0.15) is 0 Å². The van der Waals surface area contributed by atoms with E-state index in [1.165, 1.54) is 177 Å². The largest absolute Gasteiger partial charge is 0.298 e. The van der Waals surface area contributed by atoms with Crippen molar-refractivity contribution in [2.24, 2.45) is 0 Å². The Labute approximate surface area is 662 Å². The molecule has 582 valence electrons. The average Bonchev–Trinajstić information content (AvgIpc) is 0.959. The second-order valence-electron chi connectivity index (χ2n) is 27.9. The van der Waals surface area contributed by atoms with Gasteiger partial charge in [-0.25, -0.2) is 4.39 Å². The number of hydrogen-bond acceptors (Lipinski definition) is 6. The van der Waals surface area contributed by atoms with Gasteiger partial charge < -0.3 is 0 Å². The van der Waals surface area contributed by atoms with Gasteiger partial charge in [-0.15, -0.1) is 0 Å². The van der Waals surface area contributed by atoms with Crippen molar-refractivity contribution in [3.8, 4) is 0 Å². The Morgan fingerprint density at radius 2 is 0.467 bits per heavy atom. The fourth-order valence-electron chi connectivity index (χ4n) is 11.4. The Morgan fingerprint density at radius 3 is 0.692 bits per heavy atom. The number of allylic oxidation sites excluding steroid dienone is 6. The SMILES string of the molecule is CCCCCCC/C(C=O)=C\c1ccc(Br)cc1.CCCCCCC/C(C=O)=C\c1ccc(C)cc1.CCCCCCC/C(C=O)=C\c1ccc(C)cc1.CCCCCCC/C(C=O)=C\c1ccc(Cl)cc1.CCCCCCC/C(C=O)=C\c1ccc(F)cc1.CCCCCCC/C(C=O)=C\c1ccccc1. The summed E-state index contributed by atoms with van der Waals surface area (Å²) in [6.07, 6.45) is 59.8. The van der Waals surface area contributed by atoms with Crippen LogP contribution in [0, 0.1) is 19.7 Å². The molecule has 0 aliphatic rings. The second kappa shape index (κ2) is 69.0. The summed E-state index contributed by atoms with van der Waals surface area (Å²) < 4.78 is 13.8. The van der Waals surface area contributed by atoms with Crippen LogP contribution >= 0.6 is 27.5 Å². The molecular formula is C98H133BrClFO6. The maximum Gasteiger partial charge on any atom is 0.146 e. The summed E-state index contributed by atoms with van der Waals surface area (Å²) >= 11 is 9.23. The first kappa shape index (κ1) is 97.5. The van der Waals surface area contributed by atoms with Crippen LogP contribution in [0.4, 0.5) is 4.39 Å². The van der Waals surface area contributed by atoms with Gasteiger partial charge in [-0.05, 0) is 231 Å². The van der Waals surface area contributed by atoms with Crippen LogP contribution in [0.3, 0.4) is 0 Å². The van der Waals surface area contributed by atoms with Gasteiger partial charge in [0.1, 0.15) is 43.5 Å². The van der Waals surface area contributed by atoms with E-state index in [2.05, 4.69) is 120 Å². The standard InChI is InChI=1S/2C17H24O.C16H21BrO.C16H21ClO.C16H21FO.C16H22O/c2*1-3-4-5-6-7-8-17(14-18)13-16-11-9-15(2)10-12-16;3*1-2-3-4-5-6-7-15(13-18)12-14-8-10-16(17)11-9-14;1-2-3-4-5-7-12-16(14-17)13-15-10-8-6-9-11-15/h2*9-14H,3-8H2,1-2H3;3*8-13H,2-7H2,1H3;6,8-11,13-14H,2-5,7,12H2,1H3/b2*17-13+;3*15-12+;16-13+. The third-order valence-electron chi connectivity index (χ3n) is 18.0. The molecule has 0 radical (unpaired) electrons. The van der Waals surface area contributed by atoms with Crippen molar-refractivity contribution in [1.29, 1.82) is 0 Å². The van der Waals surface area contributed by atoms with Crippen LogP contribution < -0.4 is 0 Å². The summed E-state index contributed by atoms with van der Waals surface area (Å²) in [7, 11) is 0. The predicted octanol–water partition coefficient (Wildman–Crippen LogP) is 29.9. The first-order chi connectivity index (χ1) is 52.2. The fraction of sp³-hybridized carbons (Fsp3) is 0.449. The van der Waals surface area contributed by atoms with E-state index >= 15 is 0 Å². The number of rotatable bonds is 48. The maximum absolute atomic E-state index is 12.7. The van der Waals surface area contributed by atoms with Gasteiger partial charge in [0.05, 0.1) is 0 Å². The molecule has 9 heteroatoms. The van der Waals surface area contributed by atoms with Crippen LogP contribution in [-0.4, -0.2) is 37.7 Å². The van der Waals surface area contributed by atoms with Crippen LogP contribution in [0.2, 0.25) is 5.02 Å². The van der Waals surface area contributed by atoms with Crippen molar-refractivity contribution in [2.45, 2.75) is 287 Å². The number of benzene rings is 6. The molecule has 6 rings (SSSR count). The van der Waals surface area contributed by atoms with E-state index in [4.69, 9.17) is 11.6 Å². The minimum Gasteiger partial charge on any atom is -0.298 e. The van der Waals surface area contributed by atoms with Crippen molar-refractivity contribution in [3.05, 3.63) is 245 Å². The predicted molar refractivity (Wildman–Crippen MR) is 465 cm³/mol. The number of aldehydes is 6. The fourth-order valence-corrected chi connectivity index (χ4v) is 11.8. The number of carbonyl (C=O) groups excluding carboxylic acids is 6. The van der Waals surface area contributed by atoms with E-state index in [1.54, 1.807) is 12.1 Å². The minimum absolute atomic E-state index is 0.251. The highest BCUT2D eigenvalue weighted by atomic mass is 79.9. The molecule has 6 aromatic rings. The molecule has 0 spiro atoms. The van der Waals surface area contributed by atoms with Gasteiger partial charge in [0.25, 0.3) is 0 Å². The molecule has 0 saturated heterocycles. The lowest BCUT2D eigenvalue weighted by molar-refractivity contribution is -0.105. The monoisotopic (exact) mass is 1540 g/mol. The number of halogens is 3. The molecule has 0 unspecified atom stereocenters. The molecule has 0 N–H and O–H groups in total. The molecule has 0 atom stereocenters. The second-order valence-corrected chi connectivity index (χ2v) is 29.2. The first-order valence-corrected chi connectivity index (χ1v) is 41.7. The molecular weight excluding hydrogens is 1410 g/mol. The minimum atomic E-state index is -0.251. The Hall–Kier alpha value is -7.52. The number of hydrogen-bond donors (Lipinski definition) is 0. The molecule has 0 saturated carbocycles. The number of aryl methyl sites for hydroxylation is 2. The molecule has 0 bridgehead atoms. The van der Waals surface area contributed by atoms with Crippen LogP contribution in [0.1, 0.15) is 317 Å². The first-order valence-electron chi connectivity index (χ1n) is 40.6. The van der Waals surface area contributed by atoms with Crippen molar-refractivity contribution in [3.63, 3.8) is 0 Å². The molecule has 0 amide bonds. The number of unbranched alkanes of at least 4 members (excludes halogenated alkanes) is 24. The van der Waals surface area contributed by atoms with Gasteiger partial charge in [-0.1, -0.05) is 350 Å². The molecule has 0 aliphatic heterocycles. The van der Waals surface area contributed by atoms with E-state index in [-0.39, 0.29) is 5.82 Å². The Kier molecular flexibility index (Phi) is 62.8. The van der Waals surface area contributed by atoms with Crippen molar-refractivity contribution in [1.82, 2.24) is 0 Å². The quantitative estimate of drug-likeness (QED) is 0.0214. The zero-order valence-electron chi connectivity index (χ0n) is 66.9. The van der Waals surface area contributed by atoms with E-state index in [9.17, 15) is 33.2 Å². The van der Waals surface area contributed by atoms with Crippen LogP contribution in [0.15, 0.2) is 190 Å². The summed E-state index contributed by atoms with van der Waals surface area (Å²) in [6.45, 7) is 17.4. The van der Waals surface area contributed by atoms with Crippen LogP contribution in [0.25, 0.3) is 36.5 Å². The normalized spacial score (nSPS) is 11.5. The molecule has 107 heavy (non-hydrogen) atoms. The molecule has 0 heterocycles. The molecule has 6 nitrogen and oxygen atoms in total. The average molecular weight is 1540 g/mol. The lowest BCUT2D eigenvalue weighted by Crippen LogP contribution is -1.87. The van der Waals surface area contributed by atoms with Crippen LogP contribution in [0.5, 0.6) is 0 Å². The summed E-state index contributed by atoms with van der Waals surface area (Å²) in [4.78, 5) is 66.0. The van der Waals surface area contributed by atoms with Gasteiger partial charge in [0, 0.05) is 9.50 Å². The Balaban J connectivity index is 0.000000642. The molecule has 0 aromatic heterocycles. The summed E-state index contributed by atoms with van der Waals surface area (Å²) in [6, 6.07) is 48.4. The summed E-state index contributed by atoms with van der Waals surface area (Å²) in [5.41, 5.74) is 14.2. The molecule has 0 fully saturated rings. The highest BCUT2D eigenvalue weighted by Crippen LogP contribution is 2.22. The summed E-state index contributed by atoms with van der Waals surface area (Å²) in [5.74, 6) is -0.251. The topological polar surface area (TPSA) is 102 Å². The molecule has 6 aromatic carbocycles. The highest BCUT2D eigenvalue weighted by molar-refractivity contribution is 9.10. The lowest BCUT2D eigenvalue weighted by atomic mass is 10.0. The number of carbonyl (C=O) groups is 6. The van der Waals surface area contributed by atoms with E-state index in [0.717, 1.165) is 191 Å². The molecule has 0 aliphatic carbocycles. The van der Waals surface area contributed by atoms with Gasteiger partial charge in [-0.3, -0.25) is 28.8 Å². The van der Waals surface area contributed by atoms with E-state index < -0.39 is 0 Å². The Bertz CT molecular complexity index is 2960. The van der Waals surface area contributed by atoms with E-state index in [0.29, 0.717) is 0 Å². The van der Waals surface area contributed by atoms with Crippen LogP contribution in [-0.2, 0) is 28.8 Å². The van der Waals surface area contributed by atoms with Gasteiger partial charge in [0.15, 0.2) is 0 Å². The van der Waals surface area contributed by atoms with Gasteiger partial charge >= 0.3 is 0 Å². The third-order valence-corrected chi connectivity index (χ3v) is 18.8. The zero-order chi connectivity index (χ0) is 78.4. The van der Waals surface area contributed by atoms with Gasteiger partial charge in [0.2, 0.25) is 0 Å². The summed E-state index contributed by atoms with van der Waals surface area (Å²) in [5, 5.41) is 0.722. The zero-order valence-corrected chi connectivity index (χ0v) is 69.2. The third kappa shape index (κ3) is 55.5. The lowest BCUT2D eigenvalue weighted by Gasteiger charge is -2.01. The van der Waals surface area contributed by atoms with Crippen molar-refractivity contribution >= 4 is 102 Å². The highest BCUT2D eigenvalue weighted by Gasteiger charge is 2.04. The van der Waals surface area contributed by atoms with Crippen molar-refractivity contribution < 1.29 is 33.2 Å². The Morgan fingerprint density at radius 1 is 0.271 bits per heavy atom. The smallest absolute Gasteiger partial charge is 0.146 e. The van der Waals surface area contributed by atoms with E-state index in [1.807, 2.05) is 115 Å². The maximum atomic E-state index is 12.7. The van der Waals surface area contributed by atoms with Crippen molar-refractivity contribution in [2.75, 3.05) is 0 Å².